The maximum atomic E-state index is 10.8. The topological polar surface area (TPSA) is 17.1 Å². The highest BCUT2D eigenvalue weighted by Gasteiger charge is 2.20. The van der Waals surface area contributed by atoms with Crippen LogP contribution in [-0.4, -0.2) is 6.29 Å². The second-order valence-corrected chi connectivity index (χ2v) is 4.62. The molecule has 0 saturated heterocycles. The molecule has 0 aliphatic carbocycles. The molecule has 0 aromatic heterocycles. The first-order valence-electron chi connectivity index (χ1n) is 5.06. The zero-order chi connectivity index (χ0) is 10.6. The van der Waals surface area contributed by atoms with Crippen molar-refractivity contribution in [2.24, 2.45) is 5.41 Å². The van der Waals surface area contributed by atoms with Gasteiger partial charge in [-0.25, -0.2) is 0 Å². The minimum Gasteiger partial charge on any atom is -0.303 e. The van der Waals surface area contributed by atoms with Crippen LogP contribution < -0.4 is 0 Å². The Morgan fingerprint density at radius 1 is 1.29 bits per heavy atom. The van der Waals surface area contributed by atoms with Crippen LogP contribution in [0.5, 0.6) is 0 Å². The predicted octanol–water partition coefficient (Wildman–Crippen LogP) is 3.41. The van der Waals surface area contributed by atoms with Crippen LogP contribution in [0.15, 0.2) is 30.3 Å². The average Bonchev–Trinajstić information content (AvgIpc) is 2.19. The molecule has 1 heteroatoms. The Kier molecular flexibility index (Phi) is 3.45. The van der Waals surface area contributed by atoms with Gasteiger partial charge in [0.25, 0.3) is 0 Å². The van der Waals surface area contributed by atoms with Crippen molar-refractivity contribution in [2.75, 3.05) is 0 Å². The Balaban J connectivity index is 2.68. The molecule has 0 aliphatic rings. The molecule has 0 saturated carbocycles. The van der Waals surface area contributed by atoms with E-state index in [0.29, 0.717) is 5.92 Å². The number of benzene rings is 1. The van der Waals surface area contributed by atoms with E-state index in [4.69, 9.17) is 0 Å². The lowest BCUT2D eigenvalue weighted by atomic mass is 9.82. The van der Waals surface area contributed by atoms with Crippen LogP contribution >= 0.6 is 0 Å². The lowest BCUT2D eigenvalue weighted by Gasteiger charge is -2.22. The zero-order valence-electron chi connectivity index (χ0n) is 9.16. The number of hydrogen-bond acceptors (Lipinski definition) is 1. The molecule has 1 aromatic rings. The first kappa shape index (κ1) is 11.0. The number of carbonyl (C=O) groups excluding carboxylic acids is 1. The summed E-state index contributed by atoms with van der Waals surface area (Å²) in [5, 5.41) is 0. The first-order valence-corrected chi connectivity index (χ1v) is 5.06. The maximum absolute atomic E-state index is 10.8. The molecule has 0 N–H and O–H groups in total. The zero-order valence-corrected chi connectivity index (χ0v) is 9.16. The van der Waals surface area contributed by atoms with Gasteiger partial charge in [-0.2, -0.15) is 0 Å². The minimum atomic E-state index is -0.213. The molecule has 14 heavy (non-hydrogen) atoms. The summed E-state index contributed by atoms with van der Waals surface area (Å²) in [7, 11) is 0. The van der Waals surface area contributed by atoms with Crippen LogP contribution in [0.2, 0.25) is 0 Å². The molecule has 0 bridgehead atoms. The Morgan fingerprint density at radius 3 is 2.36 bits per heavy atom. The van der Waals surface area contributed by atoms with E-state index >= 15 is 0 Å². The highest BCUT2D eigenvalue weighted by Crippen LogP contribution is 2.29. The molecule has 0 spiro atoms. The fraction of sp³-hybridized carbons (Fsp3) is 0.462. The van der Waals surface area contributed by atoms with Gasteiger partial charge in [-0.15, -0.1) is 0 Å². The average molecular weight is 190 g/mol. The standard InChI is InChI=1S/C13H18O/c1-11(9-13(2,3)10-14)12-7-5-4-6-8-12/h4-8,10-11H,9H2,1-3H3. The van der Waals surface area contributed by atoms with Gasteiger partial charge >= 0.3 is 0 Å². The summed E-state index contributed by atoms with van der Waals surface area (Å²) in [6.45, 7) is 6.14. The normalized spacial score (nSPS) is 13.6. The molecule has 1 rings (SSSR count). The van der Waals surface area contributed by atoms with Gasteiger partial charge in [-0.1, -0.05) is 51.1 Å². The quantitative estimate of drug-likeness (QED) is 0.665. The van der Waals surface area contributed by atoms with Gasteiger partial charge in [0.05, 0.1) is 0 Å². The van der Waals surface area contributed by atoms with Crippen molar-refractivity contribution in [1.29, 1.82) is 0 Å². The Morgan fingerprint density at radius 2 is 1.86 bits per heavy atom. The third kappa shape index (κ3) is 2.99. The summed E-state index contributed by atoms with van der Waals surface area (Å²) in [4.78, 5) is 10.8. The number of hydrogen-bond donors (Lipinski definition) is 0. The molecule has 0 heterocycles. The molecular weight excluding hydrogens is 172 g/mol. The second kappa shape index (κ2) is 4.41. The lowest BCUT2D eigenvalue weighted by molar-refractivity contribution is -0.115. The molecule has 76 valence electrons. The van der Waals surface area contributed by atoms with E-state index in [0.717, 1.165) is 12.7 Å². The number of carbonyl (C=O) groups is 1. The molecule has 0 aliphatic heterocycles. The van der Waals surface area contributed by atoms with E-state index in [2.05, 4.69) is 19.1 Å². The van der Waals surface area contributed by atoms with Gasteiger partial charge in [0.15, 0.2) is 0 Å². The fourth-order valence-corrected chi connectivity index (χ4v) is 1.74. The number of rotatable bonds is 4. The predicted molar refractivity (Wildman–Crippen MR) is 59.3 cm³/mol. The third-order valence-corrected chi connectivity index (χ3v) is 2.52. The Labute approximate surface area is 86.1 Å². The highest BCUT2D eigenvalue weighted by atomic mass is 16.1. The van der Waals surface area contributed by atoms with Gasteiger partial charge in [-0.05, 0) is 17.9 Å². The van der Waals surface area contributed by atoms with Crippen molar-refractivity contribution in [3.05, 3.63) is 35.9 Å². The summed E-state index contributed by atoms with van der Waals surface area (Å²) in [5.41, 5.74) is 1.09. The Hall–Kier alpha value is -1.11. The van der Waals surface area contributed by atoms with E-state index in [-0.39, 0.29) is 5.41 Å². The molecule has 1 atom stereocenters. The van der Waals surface area contributed by atoms with Crippen LogP contribution in [0.25, 0.3) is 0 Å². The van der Waals surface area contributed by atoms with Gasteiger partial charge < -0.3 is 4.79 Å². The molecular formula is C13H18O. The molecule has 0 fully saturated rings. The van der Waals surface area contributed by atoms with Crippen LogP contribution in [0.4, 0.5) is 0 Å². The molecule has 1 nitrogen and oxygen atoms in total. The summed E-state index contributed by atoms with van der Waals surface area (Å²) < 4.78 is 0. The number of aldehydes is 1. The van der Waals surface area contributed by atoms with Crippen molar-refractivity contribution >= 4 is 6.29 Å². The van der Waals surface area contributed by atoms with Crippen molar-refractivity contribution in [1.82, 2.24) is 0 Å². The molecule has 0 amide bonds. The van der Waals surface area contributed by atoms with Crippen LogP contribution in [0.1, 0.15) is 38.7 Å². The van der Waals surface area contributed by atoms with Gasteiger partial charge in [0.1, 0.15) is 6.29 Å². The maximum Gasteiger partial charge on any atom is 0.125 e. The summed E-state index contributed by atoms with van der Waals surface area (Å²) in [6, 6.07) is 10.3. The van der Waals surface area contributed by atoms with Crippen LogP contribution in [0, 0.1) is 5.41 Å². The van der Waals surface area contributed by atoms with Crippen LogP contribution in [-0.2, 0) is 4.79 Å². The smallest absolute Gasteiger partial charge is 0.125 e. The first-order chi connectivity index (χ1) is 6.55. The van der Waals surface area contributed by atoms with E-state index in [1.54, 1.807) is 0 Å². The molecule has 1 unspecified atom stereocenters. The van der Waals surface area contributed by atoms with Gasteiger partial charge in [0, 0.05) is 5.41 Å². The highest BCUT2D eigenvalue weighted by molar-refractivity contribution is 5.58. The van der Waals surface area contributed by atoms with Crippen molar-refractivity contribution in [3.8, 4) is 0 Å². The lowest BCUT2D eigenvalue weighted by Crippen LogP contribution is -2.16. The molecule has 1 aromatic carbocycles. The summed E-state index contributed by atoms with van der Waals surface area (Å²) >= 11 is 0. The van der Waals surface area contributed by atoms with E-state index < -0.39 is 0 Å². The van der Waals surface area contributed by atoms with E-state index in [9.17, 15) is 4.79 Å². The monoisotopic (exact) mass is 190 g/mol. The SMILES string of the molecule is CC(CC(C)(C)C=O)c1ccccc1. The van der Waals surface area contributed by atoms with E-state index in [1.165, 1.54) is 5.56 Å². The second-order valence-electron chi connectivity index (χ2n) is 4.62. The minimum absolute atomic E-state index is 0.213. The third-order valence-electron chi connectivity index (χ3n) is 2.52. The Bertz CT molecular complexity index is 287. The van der Waals surface area contributed by atoms with E-state index in [1.807, 2.05) is 32.0 Å². The summed E-state index contributed by atoms with van der Waals surface area (Å²) in [6.07, 6.45) is 1.95. The van der Waals surface area contributed by atoms with Crippen molar-refractivity contribution in [2.45, 2.75) is 33.1 Å². The van der Waals surface area contributed by atoms with Crippen LogP contribution in [0.3, 0.4) is 0 Å². The summed E-state index contributed by atoms with van der Waals surface area (Å²) in [5.74, 6) is 0.441. The van der Waals surface area contributed by atoms with Crippen molar-refractivity contribution < 1.29 is 4.79 Å². The van der Waals surface area contributed by atoms with Gasteiger partial charge in [0.2, 0.25) is 0 Å². The fourth-order valence-electron chi connectivity index (χ4n) is 1.74. The van der Waals surface area contributed by atoms with Crippen molar-refractivity contribution in [3.63, 3.8) is 0 Å². The van der Waals surface area contributed by atoms with Gasteiger partial charge in [-0.3, -0.25) is 0 Å². The largest absolute Gasteiger partial charge is 0.303 e. The molecule has 0 radical (unpaired) electrons.